The molecule has 9 heteroatoms. The van der Waals surface area contributed by atoms with Crippen LogP contribution in [0.4, 0.5) is 4.79 Å². The summed E-state index contributed by atoms with van der Waals surface area (Å²) in [6, 6.07) is 14.3. The molecule has 1 aliphatic carbocycles. The Kier molecular flexibility index (Phi) is 6.90. The number of nitrogens with one attached hydrogen (secondary N) is 1. The maximum absolute atomic E-state index is 13.1. The molecule has 2 N–H and O–H groups in total. The lowest BCUT2D eigenvalue weighted by molar-refractivity contribution is -0.148. The zero-order valence-corrected chi connectivity index (χ0v) is 19.4. The predicted octanol–water partition coefficient (Wildman–Crippen LogP) is 2.44. The molecular formula is C24H27N3O5S. The van der Waals surface area contributed by atoms with E-state index in [0.717, 1.165) is 22.3 Å². The lowest BCUT2D eigenvalue weighted by Crippen LogP contribution is -2.55. The van der Waals surface area contributed by atoms with Gasteiger partial charge in [0.2, 0.25) is 5.91 Å². The van der Waals surface area contributed by atoms with Crippen LogP contribution in [0.2, 0.25) is 0 Å². The molecule has 1 fully saturated rings. The summed E-state index contributed by atoms with van der Waals surface area (Å²) in [6.07, 6.45) is -0.698. The molecule has 0 radical (unpaired) electrons. The third-order valence-corrected chi connectivity index (χ3v) is 6.94. The first-order valence-corrected chi connectivity index (χ1v) is 11.9. The molecule has 1 aliphatic heterocycles. The van der Waals surface area contributed by atoms with Crippen molar-refractivity contribution in [3.05, 3.63) is 59.7 Å². The number of fused-ring (bicyclic) bond motifs is 3. The van der Waals surface area contributed by atoms with Crippen molar-refractivity contribution in [3.63, 3.8) is 0 Å². The van der Waals surface area contributed by atoms with Crippen LogP contribution in [0.3, 0.4) is 0 Å². The highest BCUT2D eigenvalue weighted by molar-refractivity contribution is 7.99. The molecule has 33 heavy (non-hydrogen) atoms. The van der Waals surface area contributed by atoms with Crippen molar-refractivity contribution < 1.29 is 24.2 Å². The Labute approximate surface area is 196 Å². The molecule has 4 rings (SSSR count). The summed E-state index contributed by atoms with van der Waals surface area (Å²) in [5.41, 5.74) is 4.47. The molecule has 1 saturated heterocycles. The average Bonchev–Trinajstić information content (AvgIpc) is 3.40. The van der Waals surface area contributed by atoms with Crippen LogP contribution in [0, 0.1) is 0 Å². The van der Waals surface area contributed by atoms with Gasteiger partial charge in [0, 0.05) is 18.2 Å². The van der Waals surface area contributed by atoms with E-state index in [0.29, 0.717) is 5.75 Å². The number of alkyl carbamates (subject to hydrolysis) is 1. The minimum Gasteiger partial charge on any atom is -0.480 e. The van der Waals surface area contributed by atoms with Crippen molar-refractivity contribution in [2.45, 2.75) is 18.0 Å². The summed E-state index contributed by atoms with van der Waals surface area (Å²) in [5, 5.41) is 12.1. The quantitative estimate of drug-likeness (QED) is 0.643. The minimum atomic E-state index is -1.04. The Balaban J connectivity index is 1.44. The van der Waals surface area contributed by atoms with Crippen LogP contribution in [-0.4, -0.2) is 83.8 Å². The zero-order valence-electron chi connectivity index (χ0n) is 18.6. The van der Waals surface area contributed by atoms with E-state index in [9.17, 15) is 19.5 Å². The Morgan fingerprint density at radius 2 is 1.73 bits per heavy atom. The number of nitrogens with zero attached hydrogens (tertiary/aromatic N) is 2. The highest BCUT2D eigenvalue weighted by atomic mass is 32.2. The molecule has 8 nitrogen and oxygen atoms in total. The lowest BCUT2D eigenvalue weighted by atomic mass is 9.98. The number of ether oxygens (including phenoxy) is 1. The molecule has 2 aromatic rings. The largest absolute Gasteiger partial charge is 0.480 e. The van der Waals surface area contributed by atoms with Gasteiger partial charge in [0.1, 0.15) is 18.7 Å². The van der Waals surface area contributed by atoms with Crippen molar-refractivity contribution in [1.29, 1.82) is 0 Å². The number of thioether (sulfide) groups is 1. The molecule has 2 aromatic carbocycles. The summed E-state index contributed by atoms with van der Waals surface area (Å²) < 4.78 is 5.58. The predicted molar refractivity (Wildman–Crippen MR) is 126 cm³/mol. The number of benzene rings is 2. The first-order valence-electron chi connectivity index (χ1n) is 10.7. The minimum absolute atomic E-state index is 0.0856. The lowest BCUT2D eigenvalue weighted by Gasteiger charge is -2.28. The monoisotopic (exact) mass is 469 g/mol. The van der Waals surface area contributed by atoms with E-state index in [-0.39, 0.29) is 24.9 Å². The van der Waals surface area contributed by atoms with E-state index in [1.165, 1.54) is 16.7 Å². The summed E-state index contributed by atoms with van der Waals surface area (Å²) in [7, 11) is 3.57. The fraction of sp³-hybridized carbons (Fsp3) is 0.375. The van der Waals surface area contributed by atoms with Crippen molar-refractivity contribution in [2.75, 3.05) is 38.9 Å². The number of carboxylic acid groups (broad SMARTS) is 1. The van der Waals surface area contributed by atoms with Gasteiger partial charge in [-0.3, -0.25) is 4.79 Å². The molecular weight excluding hydrogens is 442 g/mol. The third kappa shape index (κ3) is 4.84. The van der Waals surface area contributed by atoms with Crippen molar-refractivity contribution in [2.24, 2.45) is 0 Å². The summed E-state index contributed by atoms with van der Waals surface area (Å²) >= 11 is 1.38. The Hall–Kier alpha value is -3.04. The van der Waals surface area contributed by atoms with Crippen molar-refractivity contribution in [1.82, 2.24) is 15.1 Å². The fourth-order valence-electron chi connectivity index (χ4n) is 4.40. The molecule has 0 unspecified atom stereocenters. The van der Waals surface area contributed by atoms with E-state index in [4.69, 9.17) is 4.74 Å². The van der Waals surface area contributed by atoms with Gasteiger partial charge in [-0.15, -0.1) is 11.8 Å². The third-order valence-electron chi connectivity index (χ3n) is 5.93. The molecule has 0 saturated carbocycles. The van der Waals surface area contributed by atoms with E-state index in [2.05, 4.69) is 17.4 Å². The Morgan fingerprint density at radius 1 is 1.12 bits per heavy atom. The first kappa shape index (κ1) is 23.1. The number of likely N-dealkylation sites (N-methyl/N-ethyl adjacent to an activating group) is 1. The number of aliphatic carboxylic acids is 1. The van der Waals surface area contributed by atoms with Gasteiger partial charge in [0.05, 0.1) is 5.88 Å². The van der Waals surface area contributed by atoms with Crippen molar-refractivity contribution >= 4 is 29.7 Å². The number of carbonyl (C=O) groups is 3. The number of amides is 2. The van der Waals surface area contributed by atoms with Crippen LogP contribution >= 0.6 is 11.8 Å². The van der Waals surface area contributed by atoms with Gasteiger partial charge in [-0.1, -0.05) is 48.5 Å². The van der Waals surface area contributed by atoms with Crippen molar-refractivity contribution in [3.8, 4) is 11.1 Å². The average molecular weight is 470 g/mol. The van der Waals surface area contributed by atoms with E-state index in [1.54, 1.807) is 19.0 Å². The van der Waals surface area contributed by atoms with E-state index in [1.807, 2.05) is 36.4 Å². The van der Waals surface area contributed by atoms with Crippen LogP contribution in [0.25, 0.3) is 11.1 Å². The van der Waals surface area contributed by atoms with Gasteiger partial charge >= 0.3 is 12.1 Å². The number of rotatable bonds is 7. The van der Waals surface area contributed by atoms with Gasteiger partial charge < -0.3 is 25.0 Å². The van der Waals surface area contributed by atoms with E-state index >= 15 is 0 Å². The van der Waals surface area contributed by atoms with Gasteiger partial charge in [-0.25, -0.2) is 9.59 Å². The van der Waals surface area contributed by atoms with Gasteiger partial charge in [-0.2, -0.15) is 0 Å². The maximum Gasteiger partial charge on any atom is 0.407 e. The number of hydrogen-bond donors (Lipinski definition) is 2. The summed E-state index contributed by atoms with van der Waals surface area (Å²) in [4.78, 5) is 40.4. The van der Waals surface area contributed by atoms with Crippen LogP contribution in [-0.2, 0) is 14.3 Å². The van der Waals surface area contributed by atoms with Gasteiger partial charge in [-0.05, 0) is 36.3 Å². The molecule has 2 atom stereocenters. The second-order valence-electron chi connectivity index (χ2n) is 8.45. The van der Waals surface area contributed by atoms with Gasteiger partial charge in [0.25, 0.3) is 0 Å². The maximum atomic E-state index is 13.1. The normalized spacial score (nSPS) is 18.0. The van der Waals surface area contributed by atoms with Crippen LogP contribution in [0.5, 0.6) is 0 Å². The van der Waals surface area contributed by atoms with Crippen LogP contribution in [0.1, 0.15) is 17.0 Å². The SMILES string of the molecule is CN(C)C[C@H](NC(=O)OCC1c2ccccc2-c2ccccc21)C(=O)N1CSC[C@H]1C(=O)O. The molecule has 2 aliphatic rings. The summed E-state index contributed by atoms with van der Waals surface area (Å²) in [5.74, 6) is -0.933. The van der Waals surface area contributed by atoms with Crippen LogP contribution < -0.4 is 5.32 Å². The topological polar surface area (TPSA) is 99.2 Å². The highest BCUT2D eigenvalue weighted by Gasteiger charge is 2.38. The standard InChI is InChI=1S/C24H27N3O5S/c1-26(2)11-20(22(28)27-14-33-13-21(27)23(29)30)25-24(31)32-12-19-17-9-5-3-7-15(17)16-8-4-6-10-18(16)19/h3-10,19-21H,11-14H2,1-2H3,(H,25,31)(H,29,30)/t20-,21-/m0/s1. The van der Waals surface area contributed by atoms with Gasteiger partial charge in [0.15, 0.2) is 0 Å². The van der Waals surface area contributed by atoms with E-state index < -0.39 is 30.1 Å². The Bertz CT molecular complexity index is 1010. The Morgan fingerprint density at radius 3 is 2.30 bits per heavy atom. The number of carbonyl (C=O) groups excluding carboxylic acids is 2. The smallest absolute Gasteiger partial charge is 0.407 e. The second kappa shape index (κ2) is 9.84. The molecule has 0 spiro atoms. The van der Waals surface area contributed by atoms with Crippen LogP contribution in [0.15, 0.2) is 48.5 Å². The highest BCUT2D eigenvalue weighted by Crippen LogP contribution is 2.44. The molecule has 0 aromatic heterocycles. The first-order chi connectivity index (χ1) is 15.9. The number of carboxylic acids is 1. The summed E-state index contributed by atoms with van der Waals surface area (Å²) in [6.45, 7) is 0.372. The zero-order chi connectivity index (χ0) is 23.5. The molecule has 0 bridgehead atoms. The fourth-order valence-corrected chi connectivity index (χ4v) is 5.55. The molecule has 1 heterocycles. The second-order valence-corrected chi connectivity index (χ2v) is 9.45. The molecule has 2 amide bonds. The number of hydrogen-bond acceptors (Lipinski definition) is 6. The molecule has 174 valence electrons.